The SMILES string of the molecule is COc1cccc(C(=O)N(CC(=O)N(Cc2ccc(F)cc2)Cc2sccc2C)C(C)C)c1. The number of benzene rings is 2. The molecule has 0 saturated carbocycles. The lowest BCUT2D eigenvalue weighted by Gasteiger charge is -2.30. The van der Waals surface area contributed by atoms with Gasteiger partial charge < -0.3 is 14.5 Å². The van der Waals surface area contributed by atoms with Crippen LogP contribution in [-0.4, -0.2) is 41.3 Å². The summed E-state index contributed by atoms with van der Waals surface area (Å²) in [4.78, 5) is 31.1. The Morgan fingerprint density at radius 3 is 2.39 bits per heavy atom. The summed E-state index contributed by atoms with van der Waals surface area (Å²) in [7, 11) is 1.55. The van der Waals surface area contributed by atoms with E-state index in [4.69, 9.17) is 4.74 Å². The van der Waals surface area contributed by atoms with E-state index in [2.05, 4.69) is 0 Å². The molecule has 0 unspecified atom stereocenters. The van der Waals surface area contributed by atoms with Gasteiger partial charge in [-0.05, 0) is 73.7 Å². The largest absolute Gasteiger partial charge is 0.497 e. The highest BCUT2D eigenvalue weighted by atomic mass is 32.1. The highest BCUT2D eigenvalue weighted by Gasteiger charge is 2.25. The predicted octanol–water partition coefficient (Wildman–Crippen LogP) is 5.28. The molecule has 0 N–H and O–H groups in total. The molecule has 7 heteroatoms. The first-order chi connectivity index (χ1) is 15.8. The zero-order valence-electron chi connectivity index (χ0n) is 19.4. The third-order valence-electron chi connectivity index (χ3n) is 5.45. The molecule has 33 heavy (non-hydrogen) atoms. The summed E-state index contributed by atoms with van der Waals surface area (Å²) in [5.41, 5.74) is 2.41. The minimum absolute atomic E-state index is 0.0562. The van der Waals surface area contributed by atoms with Crippen molar-refractivity contribution < 1.29 is 18.7 Å². The number of ether oxygens (including phenoxy) is 1. The van der Waals surface area contributed by atoms with Gasteiger partial charge in [0.05, 0.1) is 13.7 Å². The second-order valence-corrected chi connectivity index (χ2v) is 9.16. The topological polar surface area (TPSA) is 49.9 Å². The number of hydrogen-bond acceptors (Lipinski definition) is 4. The van der Waals surface area contributed by atoms with Crippen LogP contribution < -0.4 is 4.74 Å². The van der Waals surface area contributed by atoms with Gasteiger partial charge in [0.1, 0.15) is 18.1 Å². The van der Waals surface area contributed by atoms with Gasteiger partial charge in [-0.15, -0.1) is 11.3 Å². The van der Waals surface area contributed by atoms with Gasteiger partial charge in [-0.2, -0.15) is 0 Å². The number of thiophene rings is 1. The smallest absolute Gasteiger partial charge is 0.254 e. The Labute approximate surface area is 198 Å². The first-order valence-corrected chi connectivity index (χ1v) is 11.7. The van der Waals surface area contributed by atoms with Crippen LogP contribution in [0.1, 0.15) is 40.2 Å². The standard InChI is InChI=1S/C26H29FN2O3S/c1-18(2)29(26(31)21-6-5-7-23(14-21)32-4)17-25(30)28(16-24-19(3)12-13-33-24)15-20-8-10-22(27)11-9-20/h5-14,18H,15-17H2,1-4H3. The summed E-state index contributed by atoms with van der Waals surface area (Å²) >= 11 is 1.59. The number of rotatable bonds is 9. The van der Waals surface area contributed by atoms with Crippen molar-refractivity contribution in [2.45, 2.75) is 39.9 Å². The maximum absolute atomic E-state index is 13.5. The molecule has 0 bridgehead atoms. The van der Waals surface area contributed by atoms with E-state index in [9.17, 15) is 14.0 Å². The predicted molar refractivity (Wildman–Crippen MR) is 129 cm³/mol. The molecule has 0 aliphatic heterocycles. The average Bonchev–Trinajstić information content (AvgIpc) is 3.21. The number of carbonyl (C=O) groups excluding carboxylic acids is 2. The number of halogens is 1. The van der Waals surface area contributed by atoms with Gasteiger partial charge in [-0.3, -0.25) is 9.59 Å². The Bertz CT molecular complexity index is 1090. The third-order valence-corrected chi connectivity index (χ3v) is 6.46. The van der Waals surface area contributed by atoms with Crippen LogP contribution in [0.2, 0.25) is 0 Å². The fourth-order valence-electron chi connectivity index (χ4n) is 3.44. The van der Waals surface area contributed by atoms with Crippen LogP contribution in [0.15, 0.2) is 60.0 Å². The number of nitrogens with zero attached hydrogens (tertiary/aromatic N) is 2. The molecule has 174 valence electrons. The van der Waals surface area contributed by atoms with E-state index < -0.39 is 0 Å². The average molecular weight is 469 g/mol. The Morgan fingerprint density at radius 1 is 1.06 bits per heavy atom. The fraction of sp³-hybridized carbons (Fsp3) is 0.308. The summed E-state index contributed by atoms with van der Waals surface area (Å²) in [6.07, 6.45) is 0. The molecule has 0 saturated heterocycles. The van der Waals surface area contributed by atoms with Gasteiger partial charge in [0.25, 0.3) is 5.91 Å². The number of carbonyl (C=O) groups is 2. The Kier molecular flexibility index (Phi) is 8.22. The number of methoxy groups -OCH3 is 1. The molecule has 2 aromatic carbocycles. The molecular weight excluding hydrogens is 439 g/mol. The van der Waals surface area contributed by atoms with E-state index in [-0.39, 0.29) is 30.2 Å². The maximum Gasteiger partial charge on any atom is 0.254 e. The second kappa shape index (κ2) is 11.1. The molecule has 3 rings (SSSR count). The summed E-state index contributed by atoms with van der Waals surface area (Å²) in [5, 5.41) is 2.00. The van der Waals surface area contributed by atoms with Gasteiger partial charge >= 0.3 is 0 Å². The lowest BCUT2D eigenvalue weighted by Crippen LogP contribution is -2.45. The van der Waals surface area contributed by atoms with Crippen LogP contribution >= 0.6 is 11.3 Å². The van der Waals surface area contributed by atoms with Gasteiger partial charge in [-0.1, -0.05) is 18.2 Å². The highest BCUT2D eigenvalue weighted by molar-refractivity contribution is 7.10. The Hall–Kier alpha value is -3.19. The molecule has 2 amide bonds. The summed E-state index contributed by atoms with van der Waals surface area (Å²) in [6, 6.07) is 14.9. The van der Waals surface area contributed by atoms with Gasteiger partial charge in [-0.25, -0.2) is 4.39 Å². The van der Waals surface area contributed by atoms with Crippen molar-refractivity contribution in [3.05, 3.63) is 87.4 Å². The first kappa shape index (κ1) is 24.5. The van der Waals surface area contributed by atoms with E-state index in [0.29, 0.717) is 24.4 Å². The van der Waals surface area contributed by atoms with E-state index in [1.54, 1.807) is 64.6 Å². The molecule has 0 spiro atoms. The van der Waals surface area contributed by atoms with Crippen molar-refractivity contribution in [3.63, 3.8) is 0 Å². The van der Waals surface area contributed by atoms with Gasteiger partial charge in [0, 0.05) is 23.0 Å². The monoisotopic (exact) mass is 468 g/mol. The van der Waals surface area contributed by atoms with Crippen molar-refractivity contribution in [2.75, 3.05) is 13.7 Å². The molecule has 0 fully saturated rings. The molecule has 0 atom stereocenters. The number of amides is 2. The third kappa shape index (κ3) is 6.42. The van der Waals surface area contributed by atoms with Crippen LogP contribution in [0.4, 0.5) is 4.39 Å². The maximum atomic E-state index is 13.5. The van der Waals surface area contributed by atoms with Crippen molar-refractivity contribution in [1.29, 1.82) is 0 Å². The van der Waals surface area contributed by atoms with Crippen LogP contribution in [0.25, 0.3) is 0 Å². The van der Waals surface area contributed by atoms with E-state index in [1.807, 2.05) is 32.2 Å². The number of hydrogen-bond donors (Lipinski definition) is 0. The first-order valence-electron chi connectivity index (χ1n) is 10.8. The van der Waals surface area contributed by atoms with E-state index in [1.165, 1.54) is 12.1 Å². The molecule has 1 heterocycles. The van der Waals surface area contributed by atoms with Gasteiger partial charge in [0.15, 0.2) is 0 Å². The van der Waals surface area contributed by atoms with E-state index in [0.717, 1.165) is 16.0 Å². The molecule has 0 radical (unpaired) electrons. The Balaban J connectivity index is 1.83. The van der Waals surface area contributed by atoms with Crippen LogP contribution in [-0.2, 0) is 17.9 Å². The van der Waals surface area contributed by atoms with Crippen molar-refractivity contribution in [2.24, 2.45) is 0 Å². The Morgan fingerprint density at radius 2 is 1.79 bits per heavy atom. The minimum atomic E-state index is -0.319. The highest BCUT2D eigenvalue weighted by Crippen LogP contribution is 2.21. The zero-order chi connectivity index (χ0) is 24.0. The molecule has 3 aromatic rings. The van der Waals surface area contributed by atoms with Crippen LogP contribution in [0, 0.1) is 12.7 Å². The molecule has 1 aromatic heterocycles. The zero-order valence-corrected chi connectivity index (χ0v) is 20.2. The molecule has 0 aliphatic rings. The lowest BCUT2D eigenvalue weighted by atomic mass is 10.1. The fourth-order valence-corrected chi connectivity index (χ4v) is 4.36. The lowest BCUT2D eigenvalue weighted by molar-refractivity contribution is -0.133. The normalized spacial score (nSPS) is 10.8. The van der Waals surface area contributed by atoms with Gasteiger partial charge in [0.2, 0.25) is 5.91 Å². The van der Waals surface area contributed by atoms with E-state index >= 15 is 0 Å². The second-order valence-electron chi connectivity index (χ2n) is 8.16. The van der Waals surface area contributed by atoms with Crippen LogP contribution in [0.5, 0.6) is 5.75 Å². The molecule has 0 aliphatic carbocycles. The summed E-state index contributed by atoms with van der Waals surface area (Å²) in [6.45, 7) is 6.49. The quantitative estimate of drug-likeness (QED) is 0.429. The summed E-state index contributed by atoms with van der Waals surface area (Å²) in [5.74, 6) is -0.133. The van der Waals surface area contributed by atoms with Crippen molar-refractivity contribution in [3.8, 4) is 5.75 Å². The van der Waals surface area contributed by atoms with Crippen molar-refractivity contribution >= 4 is 23.2 Å². The minimum Gasteiger partial charge on any atom is -0.497 e. The van der Waals surface area contributed by atoms with Crippen LogP contribution in [0.3, 0.4) is 0 Å². The molecular formula is C26H29FN2O3S. The number of aryl methyl sites for hydroxylation is 1. The molecule has 5 nitrogen and oxygen atoms in total. The summed E-state index contributed by atoms with van der Waals surface area (Å²) < 4.78 is 18.6. The van der Waals surface area contributed by atoms with Crippen molar-refractivity contribution in [1.82, 2.24) is 9.80 Å².